The zero-order valence-electron chi connectivity index (χ0n) is 6.50. The lowest BCUT2D eigenvalue weighted by Crippen LogP contribution is -2.03. The number of benzene rings is 1. The van der Waals surface area contributed by atoms with Crippen molar-refractivity contribution in [1.29, 1.82) is 0 Å². The summed E-state index contributed by atoms with van der Waals surface area (Å²) in [7, 11) is 0. The van der Waals surface area contributed by atoms with Crippen molar-refractivity contribution < 1.29 is 14.0 Å². The van der Waals surface area contributed by atoms with Gasteiger partial charge in [-0.1, -0.05) is 11.6 Å². The van der Waals surface area contributed by atoms with E-state index in [0.717, 1.165) is 5.56 Å². The van der Waals surface area contributed by atoms with Crippen molar-refractivity contribution in [3.8, 4) is 0 Å². The molecule has 0 fully saturated rings. The highest BCUT2D eigenvalue weighted by Crippen LogP contribution is 2.09. The van der Waals surface area contributed by atoms with Crippen LogP contribution in [0.5, 0.6) is 0 Å². The molecule has 0 spiro atoms. The first-order valence-electron chi connectivity index (χ1n) is 3.41. The summed E-state index contributed by atoms with van der Waals surface area (Å²) in [5.74, 6) is -1.48. The van der Waals surface area contributed by atoms with Gasteiger partial charge >= 0.3 is 0 Å². The van der Waals surface area contributed by atoms with E-state index < -0.39 is 11.6 Å². The van der Waals surface area contributed by atoms with Gasteiger partial charge in [0.15, 0.2) is 6.29 Å². The molecule has 0 aromatic heterocycles. The predicted octanol–water partition coefficient (Wildman–Crippen LogP) is 1.52. The molecule has 0 saturated carbocycles. The molecule has 0 radical (unpaired) electrons. The highest BCUT2D eigenvalue weighted by atomic mass is 19.1. The van der Waals surface area contributed by atoms with E-state index in [1.165, 1.54) is 18.2 Å². The highest BCUT2D eigenvalue weighted by molar-refractivity contribution is 6.33. The van der Waals surface area contributed by atoms with Gasteiger partial charge in [0, 0.05) is 0 Å². The number of ketones is 1. The summed E-state index contributed by atoms with van der Waals surface area (Å²) in [5.41, 5.74) is 0.589. The fraction of sp³-hybridized carbons (Fsp3) is 0.111. The lowest BCUT2D eigenvalue weighted by atomic mass is 10.1. The van der Waals surface area contributed by atoms with E-state index in [1.807, 2.05) is 0 Å². The van der Waals surface area contributed by atoms with Crippen molar-refractivity contribution in [3.63, 3.8) is 0 Å². The quantitative estimate of drug-likeness (QED) is 0.379. The van der Waals surface area contributed by atoms with Gasteiger partial charge in [-0.3, -0.25) is 9.59 Å². The number of hydrogen-bond acceptors (Lipinski definition) is 2. The summed E-state index contributed by atoms with van der Waals surface area (Å²) in [6.07, 6.45) is 0.109. The Balaban J connectivity index is 3.22. The molecule has 0 unspecified atom stereocenters. The van der Waals surface area contributed by atoms with Crippen molar-refractivity contribution in [1.82, 2.24) is 0 Å². The number of aryl methyl sites for hydroxylation is 1. The maximum absolute atomic E-state index is 12.8. The Morgan fingerprint density at radius 1 is 1.50 bits per heavy atom. The summed E-state index contributed by atoms with van der Waals surface area (Å²) >= 11 is 0. The number of carbonyl (C=O) groups excluding carboxylic acids is 2. The average molecular weight is 166 g/mol. The van der Waals surface area contributed by atoms with Crippen LogP contribution in [0.25, 0.3) is 0 Å². The third-order valence-electron chi connectivity index (χ3n) is 1.49. The number of halogens is 1. The topological polar surface area (TPSA) is 34.1 Å². The van der Waals surface area contributed by atoms with Crippen LogP contribution in [0, 0.1) is 12.7 Å². The normalized spacial score (nSPS) is 9.50. The van der Waals surface area contributed by atoms with Crippen molar-refractivity contribution >= 4 is 12.1 Å². The van der Waals surface area contributed by atoms with E-state index in [2.05, 4.69) is 0 Å². The van der Waals surface area contributed by atoms with Crippen molar-refractivity contribution in [2.75, 3.05) is 0 Å². The predicted molar refractivity (Wildman–Crippen MR) is 41.5 cm³/mol. The van der Waals surface area contributed by atoms with Gasteiger partial charge in [0.05, 0.1) is 5.56 Å². The van der Waals surface area contributed by atoms with Crippen LogP contribution in [0.15, 0.2) is 18.2 Å². The van der Waals surface area contributed by atoms with Gasteiger partial charge in [-0.2, -0.15) is 0 Å². The molecule has 2 nitrogen and oxygen atoms in total. The molecule has 1 rings (SSSR count). The fourth-order valence-corrected chi connectivity index (χ4v) is 0.891. The van der Waals surface area contributed by atoms with Gasteiger partial charge in [-0.05, 0) is 19.1 Å². The Morgan fingerprint density at radius 2 is 2.17 bits per heavy atom. The average Bonchev–Trinajstić information content (AvgIpc) is 2.08. The largest absolute Gasteiger partial charge is 0.294 e. The third kappa shape index (κ3) is 1.56. The minimum absolute atomic E-state index is 0.109. The summed E-state index contributed by atoms with van der Waals surface area (Å²) in [4.78, 5) is 20.8. The molecule has 12 heavy (non-hydrogen) atoms. The summed E-state index contributed by atoms with van der Waals surface area (Å²) < 4.78 is 12.8. The van der Waals surface area contributed by atoms with Crippen molar-refractivity contribution in [3.05, 3.63) is 35.1 Å². The van der Waals surface area contributed by atoms with Gasteiger partial charge in [0.25, 0.3) is 0 Å². The van der Waals surface area contributed by atoms with E-state index >= 15 is 0 Å². The Hall–Kier alpha value is -1.51. The summed E-state index contributed by atoms with van der Waals surface area (Å²) in [6, 6.07) is 4.06. The maximum Gasteiger partial charge on any atom is 0.228 e. The smallest absolute Gasteiger partial charge is 0.228 e. The first kappa shape index (κ1) is 8.59. The Labute approximate surface area is 69.0 Å². The van der Waals surface area contributed by atoms with Crippen LogP contribution in [-0.4, -0.2) is 12.1 Å². The standard InChI is InChI=1S/C9H7FO2/c1-6-2-3-8(10)7(4-6)9(12)5-11/h2-5H,1H3. The summed E-state index contributed by atoms with van der Waals surface area (Å²) in [5, 5.41) is 0. The number of aldehydes is 1. The molecule has 1 aromatic carbocycles. The minimum atomic E-state index is -0.823. The summed E-state index contributed by atoms with van der Waals surface area (Å²) in [6.45, 7) is 1.72. The molecule has 3 heteroatoms. The van der Waals surface area contributed by atoms with Crippen LogP contribution in [0.3, 0.4) is 0 Å². The second-order valence-corrected chi connectivity index (χ2v) is 2.47. The lowest BCUT2D eigenvalue weighted by Gasteiger charge is -1.97. The zero-order valence-corrected chi connectivity index (χ0v) is 6.50. The molecule has 0 bridgehead atoms. The van der Waals surface area contributed by atoms with Crippen LogP contribution in [-0.2, 0) is 4.79 Å². The monoisotopic (exact) mass is 166 g/mol. The van der Waals surface area contributed by atoms with Gasteiger partial charge in [-0.15, -0.1) is 0 Å². The van der Waals surface area contributed by atoms with E-state index in [-0.39, 0.29) is 11.8 Å². The molecule has 0 N–H and O–H groups in total. The Bertz CT molecular complexity index is 331. The molecule has 0 saturated heterocycles. The van der Waals surface area contributed by atoms with E-state index in [4.69, 9.17) is 0 Å². The Kier molecular flexibility index (Phi) is 2.33. The van der Waals surface area contributed by atoms with Crippen LogP contribution >= 0.6 is 0 Å². The molecular weight excluding hydrogens is 159 g/mol. The molecule has 0 aliphatic rings. The fourth-order valence-electron chi connectivity index (χ4n) is 0.891. The number of Topliss-reactive ketones (excluding diaryl/α,β-unsaturated/α-hetero) is 1. The molecule has 0 aliphatic heterocycles. The van der Waals surface area contributed by atoms with Gasteiger partial charge in [0.2, 0.25) is 5.78 Å². The molecule has 0 heterocycles. The number of hydrogen-bond donors (Lipinski definition) is 0. The molecule has 0 aliphatic carbocycles. The second-order valence-electron chi connectivity index (χ2n) is 2.47. The van der Waals surface area contributed by atoms with Gasteiger partial charge in [0.1, 0.15) is 5.82 Å². The lowest BCUT2D eigenvalue weighted by molar-refractivity contribution is -0.104. The van der Waals surface area contributed by atoms with Crippen LogP contribution in [0.4, 0.5) is 4.39 Å². The first-order valence-corrected chi connectivity index (χ1v) is 3.41. The molecule has 62 valence electrons. The Morgan fingerprint density at radius 3 is 2.75 bits per heavy atom. The van der Waals surface area contributed by atoms with Gasteiger partial charge in [-0.25, -0.2) is 4.39 Å². The molecule has 1 aromatic rings. The SMILES string of the molecule is Cc1ccc(F)c(C(=O)C=O)c1. The van der Waals surface area contributed by atoms with E-state index in [1.54, 1.807) is 6.92 Å². The van der Waals surface area contributed by atoms with Crippen LogP contribution < -0.4 is 0 Å². The van der Waals surface area contributed by atoms with Crippen molar-refractivity contribution in [2.45, 2.75) is 6.92 Å². The van der Waals surface area contributed by atoms with Crippen LogP contribution in [0.2, 0.25) is 0 Å². The number of carbonyl (C=O) groups is 2. The molecule has 0 amide bonds. The highest BCUT2D eigenvalue weighted by Gasteiger charge is 2.09. The first-order chi connectivity index (χ1) is 5.65. The van der Waals surface area contributed by atoms with Crippen molar-refractivity contribution in [2.24, 2.45) is 0 Å². The van der Waals surface area contributed by atoms with E-state index in [0.29, 0.717) is 0 Å². The number of rotatable bonds is 2. The van der Waals surface area contributed by atoms with E-state index in [9.17, 15) is 14.0 Å². The van der Waals surface area contributed by atoms with Gasteiger partial charge < -0.3 is 0 Å². The second kappa shape index (κ2) is 3.26. The molecule has 0 atom stereocenters. The third-order valence-corrected chi connectivity index (χ3v) is 1.49. The minimum Gasteiger partial charge on any atom is -0.294 e. The van der Waals surface area contributed by atoms with Crippen LogP contribution in [0.1, 0.15) is 15.9 Å². The zero-order chi connectivity index (χ0) is 9.14. The molecular formula is C9H7FO2. The maximum atomic E-state index is 12.8.